The monoisotopic (exact) mass is 335 g/mol. The molecule has 1 N–H and O–H groups in total. The van der Waals surface area contributed by atoms with Gasteiger partial charge in [-0.05, 0) is 49.4 Å². The molecule has 0 aliphatic heterocycles. The number of amides is 1. The van der Waals surface area contributed by atoms with Crippen LogP contribution in [0.2, 0.25) is 0 Å². The maximum Gasteiger partial charge on any atom is 0.274 e. The Bertz CT molecular complexity index is 909. The summed E-state index contributed by atoms with van der Waals surface area (Å²) in [5, 5.41) is 7.10. The molecule has 2 aromatic heterocycles. The van der Waals surface area contributed by atoms with Gasteiger partial charge in [0.2, 0.25) is 0 Å². The van der Waals surface area contributed by atoms with Crippen molar-refractivity contribution in [3.05, 3.63) is 65.0 Å². The third-order valence-electron chi connectivity index (χ3n) is 4.93. The number of carbonyl (C=O) groups is 1. The molecule has 5 nitrogen and oxygen atoms in total. The van der Waals surface area contributed by atoms with Crippen LogP contribution in [0, 0.1) is 6.92 Å². The van der Waals surface area contributed by atoms with Crippen LogP contribution in [0.25, 0.3) is 11.5 Å². The van der Waals surface area contributed by atoms with Crippen LogP contribution in [0.15, 0.2) is 46.9 Å². The third-order valence-corrected chi connectivity index (χ3v) is 4.93. The first-order valence-electron chi connectivity index (χ1n) is 8.60. The summed E-state index contributed by atoms with van der Waals surface area (Å²) >= 11 is 0. The molecule has 25 heavy (non-hydrogen) atoms. The van der Waals surface area contributed by atoms with Gasteiger partial charge in [0.05, 0.1) is 6.04 Å². The Morgan fingerprint density at radius 3 is 2.92 bits per heavy atom. The average Bonchev–Trinajstić information content (AvgIpc) is 3.29. The average molecular weight is 335 g/mol. The Balaban J connectivity index is 1.58. The second-order valence-electron chi connectivity index (χ2n) is 6.60. The van der Waals surface area contributed by atoms with Gasteiger partial charge in [-0.2, -0.15) is 5.10 Å². The van der Waals surface area contributed by atoms with Gasteiger partial charge >= 0.3 is 0 Å². The molecule has 128 valence electrons. The standard InChI is InChI=1S/C20H21N3O2/c1-13-10-11-19(25-13)16-12-17(22-21-16)20(24)23(2)18-9-5-7-14-6-3-4-8-15(14)18/h3-4,6,8,10-12,18H,5,7,9H2,1-2H3,(H,21,22)/t18-/m0/s1. The highest BCUT2D eigenvalue weighted by Crippen LogP contribution is 2.34. The molecule has 0 spiro atoms. The Labute approximate surface area is 146 Å². The van der Waals surface area contributed by atoms with E-state index in [1.165, 1.54) is 11.1 Å². The summed E-state index contributed by atoms with van der Waals surface area (Å²) in [6, 6.07) is 14.0. The van der Waals surface area contributed by atoms with Gasteiger partial charge in [-0.25, -0.2) is 0 Å². The molecule has 0 saturated carbocycles. The van der Waals surface area contributed by atoms with Crippen LogP contribution >= 0.6 is 0 Å². The molecule has 0 bridgehead atoms. The van der Waals surface area contributed by atoms with E-state index in [1.807, 2.05) is 37.1 Å². The molecule has 0 unspecified atom stereocenters. The van der Waals surface area contributed by atoms with E-state index >= 15 is 0 Å². The highest BCUT2D eigenvalue weighted by atomic mass is 16.3. The lowest BCUT2D eigenvalue weighted by molar-refractivity contribution is 0.0709. The summed E-state index contributed by atoms with van der Waals surface area (Å²) in [7, 11) is 1.86. The smallest absolute Gasteiger partial charge is 0.274 e. The van der Waals surface area contributed by atoms with E-state index in [0.717, 1.165) is 25.0 Å². The van der Waals surface area contributed by atoms with E-state index in [9.17, 15) is 4.79 Å². The largest absolute Gasteiger partial charge is 0.460 e. The van der Waals surface area contributed by atoms with Crippen molar-refractivity contribution in [2.45, 2.75) is 32.2 Å². The molecule has 1 aliphatic rings. The number of hydrogen-bond acceptors (Lipinski definition) is 3. The maximum atomic E-state index is 12.9. The Hall–Kier alpha value is -2.82. The second-order valence-corrected chi connectivity index (χ2v) is 6.60. The van der Waals surface area contributed by atoms with Gasteiger partial charge in [0.1, 0.15) is 11.5 Å². The van der Waals surface area contributed by atoms with E-state index in [4.69, 9.17) is 4.42 Å². The molecule has 1 atom stereocenters. The Morgan fingerprint density at radius 2 is 2.12 bits per heavy atom. The van der Waals surface area contributed by atoms with Crippen molar-refractivity contribution in [3.63, 3.8) is 0 Å². The fourth-order valence-electron chi connectivity index (χ4n) is 3.59. The first-order valence-corrected chi connectivity index (χ1v) is 8.60. The van der Waals surface area contributed by atoms with Crippen LogP contribution in [0.1, 0.15) is 46.3 Å². The van der Waals surface area contributed by atoms with Crippen molar-refractivity contribution in [2.24, 2.45) is 0 Å². The first-order chi connectivity index (χ1) is 12.1. The second kappa shape index (κ2) is 6.24. The van der Waals surface area contributed by atoms with Gasteiger partial charge in [-0.3, -0.25) is 9.89 Å². The lowest BCUT2D eigenvalue weighted by Crippen LogP contribution is -2.33. The molecule has 1 aliphatic carbocycles. The molecule has 0 radical (unpaired) electrons. The number of H-pyrrole nitrogens is 1. The molecule has 2 heterocycles. The Kier molecular flexibility index (Phi) is 3.92. The number of furan rings is 1. The molecule has 5 heteroatoms. The van der Waals surface area contributed by atoms with Gasteiger partial charge in [-0.1, -0.05) is 24.3 Å². The number of rotatable bonds is 3. The normalized spacial score (nSPS) is 16.5. The highest BCUT2D eigenvalue weighted by molar-refractivity contribution is 5.93. The summed E-state index contributed by atoms with van der Waals surface area (Å²) in [5.41, 5.74) is 3.72. The zero-order chi connectivity index (χ0) is 17.4. The third kappa shape index (κ3) is 2.86. The van der Waals surface area contributed by atoms with Crippen molar-refractivity contribution < 1.29 is 9.21 Å². The number of aromatic nitrogens is 2. The SMILES string of the molecule is Cc1ccc(-c2cc(C(=O)N(C)[C@H]3CCCc4ccccc43)n[nH]2)o1. The fourth-order valence-corrected chi connectivity index (χ4v) is 3.59. The van der Waals surface area contributed by atoms with E-state index in [2.05, 4.69) is 28.4 Å². The molecule has 0 fully saturated rings. The molecule has 1 amide bonds. The van der Waals surface area contributed by atoms with Gasteiger partial charge in [0, 0.05) is 13.1 Å². The van der Waals surface area contributed by atoms with E-state index in [1.54, 1.807) is 6.07 Å². The van der Waals surface area contributed by atoms with E-state index in [0.29, 0.717) is 17.1 Å². The number of hydrogen-bond donors (Lipinski definition) is 1. The molecule has 0 saturated heterocycles. The number of aryl methyl sites for hydroxylation is 2. The summed E-state index contributed by atoms with van der Waals surface area (Å²) in [6.45, 7) is 1.89. The number of nitrogens with one attached hydrogen (secondary N) is 1. The number of benzene rings is 1. The van der Waals surface area contributed by atoms with Crippen LogP contribution in [-0.2, 0) is 6.42 Å². The zero-order valence-corrected chi connectivity index (χ0v) is 14.5. The van der Waals surface area contributed by atoms with Crippen molar-refractivity contribution >= 4 is 5.91 Å². The number of carbonyl (C=O) groups excluding carboxylic acids is 1. The lowest BCUT2D eigenvalue weighted by Gasteiger charge is -2.32. The lowest BCUT2D eigenvalue weighted by atomic mass is 9.87. The van der Waals surface area contributed by atoms with Gasteiger partial charge < -0.3 is 9.32 Å². The molecular formula is C20H21N3O2. The van der Waals surface area contributed by atoms with Crippen LogP contribution in [-0.4, -0.2) is 28.1 Å². The first kappa shape index (κ1) is 15.7. The van der Waals surface area contributed by atoms with Crippen molar-refractivity contribution in [1.82, 2.24) is 15.1 Å². The van der Waals surface area contributed by atoms with Crippen LogP contribution in [0.5, 0.6) is 0 Å². The maximum absolute atomic E-state index is 12.9. The minimum atomic E-state index is -0.0764. The van der Waals surface area contributed by atoms with Crippen molar-refractivity contribution in [2.75, 3.05) is 7.05 Å². The van der Waals surface area contributed by atoms with Crippen molar-refractivity contribution in [3.8, 4) is 11.5 Å². The summed E-state index contributed by atoms with van der Waals surface area (Å²) in [5.74, 6) is 1.44. The predicted octanol–water partition coefficient (Wildman–Crippen LogP) is 4.13. The summed E-state index contributed by atoms with van der Waals surface area (Å²) < 4.78 is 5.59. The topological polar surface area (TPSA) is 62.1 Å². The number of nitrogens with zero attached hydrogens (tertiary/aromatic N) is 2. The minimum Gasteiger partial charge on any atom is -0.460 e. The van der Waals surface area contributed by atoms with Gasteiger partial charge in [0.25, 0.3) is 5.91 Å². The Morgan fingerprint density at radius 1 is 1.28 bits per heavy atom. The van der Waals surface area contributed by atoms with Crippen molar-refractivity contribution in [1.29, 1.82) is 0 Å². The predicted molar refractivity (Wildman–Crippen MR) is 95.2 cm³/mol. The molecule has 3 aromatic rings. The van der Waals surface area contributed by atoms with Gasteiger partial charge in [-0.15, -0.1) is 0 Å². The molecule has 1 aromatic carbocycles. The van der Waals surface area contributed by atoms with Crippen LogP contribution in [0.4, 0.5) is 0 Å². The number of fused-ring (bicyclic) bond motifs is 1. The molecule has 4 rings (SSSR count). The zero-order valence-electron chi connectivity index (χ0n) is 14.5. The van der Waals surface area contributed by atoms with Crippen LogP contribution < -0.4 is 0 Å². The minimum absolute atomic E-state index is 0.0764. The number of aromatic amines is 1. The van der Waals surface area contributed by atoms with E-state index in [-0.39, 0.29) is 11.9 Å². The van der Waals surface area contributed by atoms with E-state index < -0.39 is 0 Å². The summed E-state index contributed by atoms with van der Waals surface area (Å²) in [4.78, 5) is 14.7. The molecular weight excluding hydrogens is 314 g/mol. The fraction of sp³-hybridized carbons (Fsp3) is 0.300. The van der Waals surface area contributed by atoms with Crippen LogP contribution in [0.3, 0.4) is 0 Å². The quantitative estimate of drug-likeness (QED) is 0.783. The van der Waals surface area contributed by atoms with Gasteiger partial charge in [0.15, 0.2) is 11.5 Å². The summed E-state index contributed by atoms with van der Waals surface area (Å²) in [6.07, 6.45) is 3.16. The highest BCUT2D eigenvalue weighted by Gasteiger charge is 2.28.